The molecule has 2 aromatic rings. The number of ether oxygens (including phenoxy) is 1. The lowest BCUT2D eigenvalue weighted by atomic mass is 10.2. The summed E-state index contributed by atoms with van der Waals surface area (Å²) in [5, 5.41) is 12.0. The molecule has 0 aliphatic rings. The number of nitrogens with one attached hydrogen (secondary N) is 1. The number of aromatic hydroxyl groups is 1. The summed E-state index contributed by atoms with van der Waals surface area (Å²) in [6.45, 7) is 0.407. The van der Waals surface area contributed by atoms with Gasteiger partial charge in [0.15, 0.2) is 11.6 Å². The van der Waals surface area contributed by atoms with Crippen LogP contribution in [0, 0.1) is 5.82 Å². The Morgan fingerprint density at radius 3 is 2.73 bits per heavy atom. The predicted octanol–water partition coefficient (Wildman–Crippen LogP) is 3.47. The number of phenols is 1. The van der Waals surface area contributed by atoms with Crippen LogP contribution in [0.15, 0.2) is 54.6 Å². The number of rotatable bonds is 5. The summed E-state index contributed by atoms with van der Waals surface area (Å²) < 4.78 is 18.1. The second-order valence-electron chi connectivity index (χ2n) is 4.52. The highest BCUT2D eigenvalue weighted by atomic mass is 19.1. The molecule has 0 fully saturated rings. The molecular weight excluding hydrogens is 285 g/mol. The van der Waals surface area contributed by atoms with Gasteiger partial charge in [-0.1, -0.05) is 54.6 Å². The summed E-state index contributed by atoms with van der Waals surface area (Å²) in [5.41, 5.74) is 1.25. The third-order valence-electron chi connectivity index (χ3n) is 2.89. The maximum absolute atomic E-state index is 13.1. The van der Waals surface area contributed by atoms with Crippen LogP contribution < -0.4 is 5.32 Å². The fraction of sp³-hybridized carbons (Fsp3) is 0.118. The third kappa shape index (κ3) is 4.63. The van der Waals surface area contributed by atoms with E-state index in [-0.39, 0.29) is 13.2 Å². The number of benzene rings is 2. The van der Waals surface area contributed by atoms with E-state index in [4.69, 9.17) is 4.74 Å². The van der Waals surface area contributed by atoms with Gasteiger partial charge in [0.1, 0.15) is 6.61 Å². The van der Waals surface area contributed by atoms with Crippen LogP contribution in [-0.2, 0) is 11.3 Å². The van der Waals surface area contributed by atoms with Crippen LogP contribution >= 0.6 is 0 Å². The van der Waals surface area contributed by atoms with Crippen LogP contribution in [0.2, 0.25) is 0 Å². The van der Waals surface area contributed by atoms with Crippen molar-refractivity contribution in [1.82, 2.24) is 5.32 Å². The van der Waals surface area contributed by atoms with Crippen molar-refractivity contribution >= 4 is 12.2 Å². The minimum atomic E-state index is -0.683. The van der Waals surface area contributed by atoms with Gasteiger partial charge in [-0.25, -0.2) is 9.18 Å². The van der Waals surface area contributed by atoms with Crippen LogP contribution in [0.5, 0.6) is 5.75 Å². The lowest BCUT2D eigenvalue weighted by Crippen LogP contribution is -2.24. The molecule has 114 valence electrons. The predicted molar refractivity (Wildman–Crippen MR) is 81.7 cm³/mol. The molecule has 5 heteroatoms. The fourth-order valence-corrected chi connectivity index (χ4v) is 1.77. The molecule has 22 heavy (non-hydrogen) atoms. The summed E-state index contributed by atoms with van der Waals surface area (Å²) in [5.74, 6) is -1.09. The van der Waals surface area contributed by atoms with E-state index in [1.165, 1.54) is 18.2 Å². The normalized spacial score (nSPS) is 10.6. The van der Waals surface area contributed by atoms with Gasteiger partial charge in [0.05, 0.1) is 0 Å². The number of para-hydroxylation sites is 1. The molecule has 0 heterocycles. The van der Waals surface area contributed by atoms with E-state index in [0.717, 1.165) is 5.56 Å². The number of amides is 1. The Labute approximate surface area is 127 Å². The molecule has 2 rings (SSSR count). The van der Waals surface area contributed by atoms with E-state index < -0.39 is 17.7 Å². The summed E-state index contributed by atoms with van der Waals surface area (Å²) in [4.78, 5) is 11.5. The van der Waals surface area contributed by atoms with Crippen LogP contribution in [0.1, 0.15) is 11.1 Å². The summed E-state index contributed by atoms with van der Waals surface area (Å²) in [7, 11) is 0. The van der Waals surface area contributed by atoms with E-state index in [0.29, 0.717) is 5.56 Å². The highest BCUT2D eigenvalue weighted by Crippen LogP contribution is 2.21. The van der Waals surface area contributed by atoms with E-state index in [1.54, 1.807) is 12.1 Å². The van der Waals surface area contributed by atoms with Crippen molar-refractivity contribution in [3.05, 3.63) is 71.6 Å². The van der Waals surface area contributed by atoms with Gasteiger partial charge >= 0.3 is 6.09 Å². The first-order valence-corrected chi connectivity index (χ1v) is 6.75. The van der Waals surface area contributed by atoms with Gasteiger partial charge in [0.25, 0.3) is 0 Å². The Balaban J connectivity index is 1.75. The maximum Gasteiger partial charge on any atom is 0.407 e. The first-order valence-electron chi connectivity index (χ1n) is 6.75. The Morgan fingerprint density at radius 2 is 1.95 bits per heavy atom. The summed E-state index contributed by atoms with van der Waals surface area (Å²) in [6, 6.07) is 13.6. The monoisotopic (exact) mass is 301 g/mol. The maximum atomic E-state index is 13.1. The molecule has 2 N–H and O–H groups in total. The van der Waals surface area contributed by atoms with Crippen LogP contribution in [0.25, 0.3) is 6.08 Å². The van der Waals surface area contributed by atoms with Crippen LogP contribution in [-0.4, -0.2) is 17.7 Å². The molecular formula is C17H16FNO3. The first-order chi connectivity index (χ1) is 10.7. The van der Waals surface area contributed by atoms with Crippen molar-refractivity contribution in [2.45, 2.75) is 6.61 Å². The molecule has 0 aliphatic carbocycles. The molecule has 0 aromatic heterocycles. The number of phenolic OH excluding ortho intramolecular Hbond substituents is 1. The van der Waals surface area contributed by atoms with Gasteiger partial charge in [0, 0.05) is 12.1 Å². The lowest BCUT2D eigenvalue weighted by molar-refractivity contribution is 0.141. The zero-order valence-electron chi connectivity index (χ0n) is 11.8. The average Bonchev–Trinajstić information content (AvgIpc) is 2.54. The molecule has 1 amide bonds. The topological polar surface area (TPSA) is 58.6 Å². The smallest absolute Gasteiger partial charge is 0.407 e. The molecule has 0 radical (unpaired) electrons. The van der Waals surface area contributed by atoms with Gasteiger partial charge in [-0.3, -0.25) is 0 Å². The van der Waals surface area contributed by atoms with E-state index in [1.807, 2.05) is 30.3 Å². The van der Waals surface area contributed by atoms with Crippen molar-refractivity contribution in [1.29, 1.82) is 0 Å². The fourth-order valence-electron chi connectivity index (χ4n) is 1.77. The third-order valence-corrected chi connectivity index (χ3v) is 2.89. The zero-order valence-corrected chi connectivity index (χ0v) is 11.8. The molecule has 0 saturated carbocycles. The molecule has 0 spiro atoms. The van der Waals surface area contributed by atoms with Crippen LogP contribution in [0.4, 0.5) is 9.18 Å². The minimum Gasteiger partial charge on any atom is -0.504 e. The highest BCUT2D eigenvalue weighted by molar-refractivity contribution is 5.67. The quantitative estimate of drug-likeness (QED) is 0.889. The van der Waals surface area contributed by atoms with Crippen molar-refractivity contribution in [2.24, 2.45) is 0 Å². The number of carbonyl (C=O) groups is 1. The molecule has 0 aliphatic heterocycles. The number of carbonyl (C=O) groups excluding carboxylic acids is 1. The number of hydrogen-bond donors (Lipinski definition) is 2. The molecule has 2 aromatic carbocycles. The minimum absolute atomic E-state index is 0.196. The van der Waals surface area contributed by atoms with Crippen LogP contribution in [0.3, 0.4) is 0 Å². The van der Waals surface area contributed by atoms with Gasteiger partial charge in [-0.2, -0.15) is 0 Å². The Hall–Kier alpha value is -2.82. The lowest BCUT2D eigenvalue weighted by Gasteiger charge is -2.05. The molecule has 0 atom stereocenters. The Morgan fingerprint density at radius 1 is 1.18 bits per heavy atom. The number of halogens is 1. The SMILES string of the molecule is O=C(NCC=Cc1cccc(F)c1O)OCc1ccccc1. The number of hydrogen-bond acceptors (Lipinski definition) is 3. The Kier molecular flexibility index (Phi) is 5.54. The van der Waals surface area contributed by atoms with Crippen molar-refractivity contribution < 1.29 is 19.0 Å². The molecule has 4 nitrogen and oxygen atoms in total. The average molecular weight is 301 g/mol. The first kappa shape index (κ1) is 15.6. The highest BCUT2D eigenvalue weighted by Gasteiger charge is 2.03. The second-order valence-corrected chi connectivity index (χ2v) is 4.52. The van der Waals surface area contributed by atoms with E-state index in [2.05, 4.69) is 5.32 Å². The van der Waals surface area contributed by atoms with Crippen molar-refractivity contribution in [3.63, 3.8) is 0 Å². The van der Waals surface area contributed by atoms with Gasteiger partial charge in [0.2, 0.25) is 0 Å². The standard InChI is InChI=1S/C17H16FNO3/c18-15-10-4-8-14(16(15)20)9-5-11-19-17(21)22-12-13-6-2-1-3-7-13/h1-10,20H,11-12H2,(H,19,21). The molecule has 0 bridgehead atoms. The van der Waals surface area contributed by atoms with E-state index >= 15 is 0 Å². The van der Waals surface area contributed by atoms with Crippen molar-refractivity contribution in [2.75, 3.05) is 6.54 Å². The molecule has 0 saturated heterocycles. The largest absolute Gasteiger partial charge is 0.504 e. The van der Waals surface area contributed by atoms with E-state index in [9.17, 15) is 14.3 Å². The van der Waals surface area contributed by atoms with Gasteiger partial charge in [-0.15, -0.1) is 0 Å². The number of alkyl carbamates (subject to hydrolysis) is 1. The summed E-state index contributed by atoms with van der Waals surface area (Å²) >= 11 is 0. The van der Waals surface area contributed by atoms with Crippen molar-refractivity contribution in [3.8, 4) is 5.75 Å². The Bertz CT molecular complexity index is 656. The molecule has 0 unspecified atom stereocenters. The summed E-state index contributed by atoms with van der Waals surface area (Å²) in [6.07, 6.45) is 2.57. The van der Waals surface area contributed by atoms with Gasteiger partial charge in [-0.05, 0) is 11.6 Å². The second kappa shape index (κ2) is 7.83. The zero-order chi connectivity index (χ0) is 15.8. The van der Waals surface area contributed by atoms with Gasteiger partial charge < -0.3 is 15.2 Å².